The molecular formula is C34H39N7O7Si. The highest BCUT2D eigenvalue weighted by Crippen LogP contribution is 2.60. The molecule has 1 fully saturated rings. The van der Waals surface area contributed by atoms with Gasteiger partial charge >= 0.3 is 0 Å². The van der Waals surface area contributed by atoms with Gasteiger partial charge in [0.25, 0.3) is 17.5 Å². The van der Waals surface area contributed by atoms with Gasteiger partial charge in [0.05, 0.1) is 29.0 Å². The third-order valence-electron chi connectivity index (χ3n) is 9.47. The molecule has 1 saturated heterocycles. The number of fused-ring (bicyclic) bond motifs is 2. The van der Waals surface area contributed by atoms with Crippen LogP contribution in [0.4, 0.5) is 22.7 Å². The van der Waals surface area contributed by atoms with E-state index in [-0.39, 0.29) is 30.7 Å². The zero-order valence-electron chi connectivity index (χ0n) is 27.4. The second-order valence-corrected chi connectivity index (χ2v) is 17.2. The molecule has 0 bridgehead atoms. The summed E-state index contributed by atoms with van der Waals surface area (Å²) in [4.78, 5) is 52.2. The zero-order valence-corrected chi connectivity index (χ0v) is 28.4. The third-order valence-corrected chi connectivity index (χ3v) is 12.0. The lowest BCUT2D eigenvalue weighted by Crippen LogP contribution is -2.46. The Morgan fingerprint density at radius 2 is 1.92 bits per heavy atom. The van der Waals surface area contributed by atoms with Crippen molar-refractivity contribution in [2.75, 3.05) is 22.6 Å². The Kier molecular flexibility index (Phi) is 9.11. The summed E-state index contributed by atoms with van der Waals surface area (Å²) in [7, 11) is -2.98. The number of nitro benzene ring substituents is 1. The van der Waals surface area contributed by atoms with Crippen molar-refractivity contribution < 1.29 is 29.2 Å². The van der Waals surface area contributed by atoms with E-state index in [0.29, 0.717) is 58.8 Å². The van der Waals surface area contributed by atoms with Crippen LogP contribution in [0.3, 0.4) is 0 Å². The molecule has 6 rings (SSSR count). The van der Waals surface area contributed by atoms with Gasteiger partial charge in [0.15, 0.2) is 13.9 Å². The monoisotopic (exact) mass is 685 g/mol. The number of carbonyl (C=O) groups excluding carboxylic acids is 2. The van der Waals surface area contributed by atoms with Gasteiger partial charge in [-0.25, -0.2) is 0 Å². The minimum atomic E-state index is -2.98. The number of non-ortho nitro benzene ring substituents is 1. The maximum atomic E-state index is 14.8. The van der Waals surface area contributed by atoms with Gasteiger partial charge in [0, 0.05) is 71.9 Å². The molecule has 15 heteroatoms. The smallest absolute Gasteiger partial charge is 0.269 e. The number of aromatic nitrogens is 3. The first-order chi connectivity index (χ1) is 23.3. The number of anilines is 3. The van der Waals surface area contributed by atoms with Gasteiger partial charge < -0.3 is 30.6 Å². The number of nitrogen functional groups attached to an aromatic ring is 1. The van der Waals surface area contributed by atoms with Crippen molar-refractivity contribution in [1.29, 1.82) is 0 Å². The first-order valence-electron chi connectivity index (χ1n) is 16.1. The number of benzene rings is 3. The minimum absolute atomic E-state index is 0.0520. The van der Waals surface area contributed by atoms with E-state index in [1.165, 1.54) is 12.1 Å². The Hall–Kier alpha value is -4.96. The Bertz CT molecular complexity index is 1890. The standard InChI is InChI=1S/C34H39N7O7Si/c1-21-31(49(2,3)47)30(13-15-39-20-26(14-16-42)37-38-39)48-34(21)28-18-27(41(45)46)11-12-29(28)40(33(34)44)19-22-5-4-6-25(17-22)36-32(43)23-7-9-24(35)10-8-23/h4-12,17-18,20-21,30-31,42,47H,13-16,19,35H2,1-3H3,(H,36,43)/t21-,30+,31-,34+/m0/s1. The molecule has 3 aromatic carbocycles. The van der Waals surface area contributed by atoms with E-state index in [1.54, 1.807) is 64.3 Å². The summed E-state index contributed by atoms with van der Waals surface area (Å²) >= 11 is 0. The molecule has 3 heterocycles. The van der Waals surface area contributed by atoms with E-state index in [0.717, 1.165) is 0 Å². The van der Waals surface area contributed by atoms with Gasteiger partial charge in [0.1, 0.15) is 0 Å². The van der Waals surface area contributed by atoms with E-state index in [4.69, 9.17) is 10.5 Å². The quantitative estimate of drug-likeness (QED) is 0.0775. The number of hydrogen-bond acceptors (Lipinski definition) is 10. The number of aliphatic hydroxyl groups excluding tert-OH is 1. The first-order valence-corrected chi connectivity index (χ1v) is 19.1. The number of nitro groups is 1. The average Bonchev–Trinajstić information content (AvgIpc) is 3.70. The predicted octanol–water partition coefficient (Wildman–Crippen LogP) is 3.99. The molecule has 0 unspecified atom stereocenters. The summed E-state index contributed by atoms with van der Waals surface area (Å²) < 4.78 is 8.45. The summed E-state index contributed by atoms with van der Waals surface area (Å²) in [6.45, 7) is 5.95. The van der Waals surface area contributed by atoms with E-state index < -0.39 is 36.4 Å². The molecule has 2 amide bonds. The summed E-state index contributed by atoms with van der Waals surface area (Å²) in [5, 5.41) is 32.3. The van der Waals surface area contributed by atoms with Crippen LogP contribution < -0.4 is 16.0 Å². The van der Waals surface area contributed by atoms with Gasteiger partial charge in [-0.3, -0.25) is 24.4 Å². The third kappa shape index (κ3) is 6.45. The molecule has 49 heavy (non-hydrogen) atoms. The van der Waals surface area contributed by atoms with Crippen molar-refractivity contribution in [2.24, 2.45) is 5.92 Å². The Morgan fingerprint density at radius 3 is 2.61 bits per heavy atom. The Morgan fingerprint density at radius 1 is 1.16 bits per heavy atom. The average molecular weight is 686 g/mol. The van der Waals surface area contributed by atoms with Gasteiger partial charge in [-0.15, -0.1) is 5.10 Å². The molecule has 4 atom stereocenters. The largest absolute Gasteiger partial charge is 0.432 e. The van der Waals surface area contributed by atoms with E-state index >= 15 is 0 Å². The molecule has 1 aromatic heterocycles. The number of aliphatic hydroxyl groups is 1. The number of amides is 2. The van der Waals surface area contributed by atoms with Gasteiger partial charge in [-0.1, -0.05) is 24.3 Å². The summed E-state index contributed by atoms with van der Waals surface area (Å²) in [6, 6.07) is 18.0. The van der Waals surface area contributed by atoms with Crippen LogP contribution in [0.1, 0.15) is 40.5 Å². The van der Waals surface area contributed by atoms with Crippen molar-refractivity contribution in [1.82, 2.24) is 15.0 Å². The van der Waals surface area contributed by atoms with Crippen LogP contribution in [0.5, 0.6) is 0 Å². The maximum Gasteiger partial charge on any atom is 0.269 e. The van der Waals surface area contributed by atoms with Crippen LogP contribution in [-0.2, 0) is 34.6 Å². The number of ether oxygens (including phenoxy) is 1. The fraction of sp³-hybridized carbons (Fsp3) is 0.353. The van der Waals surface area contributed by atoms with Crippen LogP contribution in [-0.4, -0.2) is 62.7 Å². The molecule has 256 valence electrons. The molecule has 2 aliphatic rings. The minimum Gasteiger partial charge on any atom is -0.432 e. The normalized spacial score (nSPS) is 21.7. The topological polar surface area (TPSA) is 199 Å². The highest BCUT2D eigenvalue weighted by molar-refractivity contribution is 6.71. The number of rotatable bonds is 11. The lowest BCUT2D eigenvalue weighted by atomic mass is 9.82. The fourth-order valence-electron chi connectivity index (χ4n) is 7.31. The van der Waals surface area contributed by atoms with Crippen molar-refractivity contribution in [2.45, 2.75) is 63.2 Å². The van der Waals surface area contributed by atoms with Gasteiger partial charge in [0.2, 0.25) is 0 Å². The van der Waals surface area contributed by atoms with Crippen LogP contribution >= 0.6 is 0 Å². The van der Waals surface area contributed by atoms with Crippen molar-refractivity contribution in [3.05, 3.63) is 105 Å². The highest BCUT2D eigenvalue weighted by atomic mass is 28.4. The molecule has 0 radical (unpaired) electrons. The zero-order chi connectivity index (χ0) is 35.1. The second kappa shape index (κ2) is 13.2. The lowest BCUT2D eigenvalue weighted by Gasteiger charge is -2.32. The molecule has 0 saturated carbocycles. The lowest BCUT2D eigenvalue weighted by molar-refractivity contribution is -0.385. The van der Waals surface area contributed by atoms with E-state index in [1.807, 2.05) is 26.1 Å². The van der Waals surface area contributed by atoms with Gasteiger partial charge in [-0.2, -0.15) is 0 Å². The number of nitrogens with zero attached hydrogens (tertiary/aromatic N) is 5. The van der Waals surface area contributed by atoms with Crippen molar-refractivity contribution in [3.63, 3.8) is 0 Å². The number of nitrogens with two attached hydrogens (primary N) is 1. The molecule has 4 aromatic rings. The molecule has 0 aliphatic carbocycles. The molecule has 1 spiro atoms. The molecule has 5 N–H and O–H groups in total. The predicted molar refractivity (Wildman–Crippen MR) is 184 cm³/mol. The van der Waals surface area contributed by atoms with Crippen LogP contribution in [0, 0.1) is 16.0 Å². The Balaban J connectivity index is 1.32. The SMILES string of the molecule is C[C@H]1[C@H]([Si](C)(C)O)[C@@H](CCn2cc(CCO)nn2)O[C@]12C(=O)N(Cc1cccc(NC(=O)c3ccc(N)cc3)c1)c1ccc([N+](=O)[O-])cc12. The van der Waals surface area contributed by atoms with Gasteiger partial charge in [-0.05, 0) is 67.5 Å². The van der Waals surface area contributed by atoms with Crippen LogP contribution in [0.15, 0.2) is 72.9 Å². The molecule has 14 nitrogen and oxygen atoms in total. The first kappa shape index (κ1) is 33.9. The van der Waals surface area contributed by atoms with Crippen molar-refractivity contribution in [3.8, 4) is 0 Å². The fourth-order valence-corrected chi connectivity index (χ4v) is 9.91. The summed E-state index contributed by atoms with van der Waals surface area (Å²) in [6.07, 6.45) is 1.96. The summed E-state index contributed by atoms with van der Waals surface area (Å²) in [5.41, 5.74) is 7.36. The Labute approximate surface area is 283 Å². The van der Waals surface area contributed by atoms with Crippen LogP contribution in [0.25, 0.3) is 0 Å². The number of aryl methyl sites for hydroxylation is 1. The highest BCUT2D eigenvalue weighted by Gasteiger charge is 2.66. The molecular weight excluding hydrogens is 647 g/mol. The number of carbonyl (C=O) groups is 2. The maximum absolute atomic E-state index is 14.8. The van der Waals surface area contributed by atoms with E-state index in [9.17, 15) is 29.6 Å². The van der Waals surface area contributed by atoms with E-state index in [2.05, 4.69) is 15.6 Å². The number of nitrogens with one attached hydrogen (secondary N) is 1. The van der Waals surface area contributed by atoms with Crippen LogP contribution in [0.2, 0.25) is 18.6 Å². The number of hydrogen-bond donors (Lipinski definition) is 4. The summed E-state index contributed by atoms with van der Waals surface area (Å²) in [5.74, 6) is -1.21. The van der Waals surface area contributed by atoms with Crippen molar-refractivity contribution >= 4 is 42.9 Å². The second-order valence-electron chi connectivity index (χ2n) is 13.2. The molecule has 2 aliphatic heterocycles.